The lowest BCUT2D eigenvalue weighted by Gasteiger charge is -2.40. The van der Waals surface area contributed by atoms with Crippen LogP contribution in [0.3, 0.4) is 0 Å². The van der Waals surface area contributed by atoms with Gasteiger partial charge in [-0.25, -0.2) is 0 Å². The zero-order valence-electron chi connectivity index (χ0n) is 15.9. The van der Waals surface area contributed by atoms with Crippen LogP contribution >= 0.6 is 0 Å². The number of benzene rings is 3. The molecule has 3 aromatic rings. The molecule has 0 unspecified atom stereocenters. The number of rotatable bonds is 4. The molecule has 1 saturated heterocycles. The lowest BCUT2D eigenvalue weighted by molar-refractivity contribution is 0.0831. The maximum atomic E-state index is 10.6. The topological polar surface area (TPSA) is 35.9 Å². The number of ether oxygens (including phenoxy) is 1. The summed E-state index contributed by atoms with van der Waals surface area (Å²) in [7, 11) is 3.85. The van der Waals surface area contributed by atoms with Crippen LogP contribution in [-0.4, -0.2) is 48.7 Å². The van der Waals surface area contributed by atoms with Gasteiger partial charge in [0, 0.05) is 37.8 Å². The van der Waals surface area contributed by atoms with Gasteiger partial charge in [0.05, 0.1) is 7.11 Å². The van der Waals surface area contributed by atoms with E-state index in [4.69, 9.17) is 4.74 Å². The number of methoxy groups -OCH3 is 1. The predicted octanol–water partition coefficient (Wildman–Crippen LogP) is 4.04. The smallest absolute Gasteiger partial charge is 0.120 e. The van der Waals surface area contributed by atoms with Crippen LogP contribution in [-0.2, 0) is 6.54 Å². The van der Waals surface area contributed by atoms with E-state index in [0.717, 1.165) is 41.7 Å². The van der Waals surface area contributed by atoms with Gasteiger partial charge >= 0.3 is 0 Å². The zero-order chi connectivity index (χ0) is 18.8. The van der Waals surface area contributed by atoms with E-state index in [0.29, 0.717) is 18.3 Å². The molecule has 0 bridgehead atoms. The minimum Gasteiger partial charge on any atom is -0.508 e. The van der Waals surface area contributed by atoms with Crippen LogP contribution in [0, 0.1) is 0 Å². The quantitative estimate of drug-likeness (QED) is 0.760. The Morgan fingerprint density at radius 1 is 1.04 bits per heavy atom. The third kappa shape index (κ3) is 3.64. The van der Waals surface area contributed by atoms with Gasteiger partial charge in [0.15, 0.2) is 0 Å². The van der Waals surface area contributed by atoms with Crippen LogP contribution in [0.5, 0.6) is 11.5 Å². The number of likely N-dealkylation sites (N-methyl/N-ethyl adjacent to an activating group) is 1. The van der Waals surface area contributed by atoms with Crippen molar-refractivity contribution in [1.82, 2.24) is 9.80 Å². The first kappa shape index (κ1) is 17.8. The van der Waals surface area contributed by atoms with E-state index in [1.807, 2.05) is 18.2 Å². The van der Waals surface area contributed by atoms with Crippen LogP contribution in [0.4, 0.5) is 0 Å². The predicted molar refractivity (Wildman–Crippen MR) is 109 cm³/mol. The molecular formula is C23H26N2O2. The number of fused-ring (bicyclic) bond motifs is 1. The van der Waals surface area contributed by atoms with Crippen LogP contribution in [0.15, 0.2) is 60.7 Å². The average Bonchev–Trinajstić information content (AvgIpc) is 2.71. The number of aromatic hydroxyl groups is 1. The normalized spacial score (nSPS) is 18.7. The van der Waals surface area contributed by atoms with E-state index in [-0.39, 0.29) is 0 Å². The third-order valence-electron chi connectivity index (χ3n) is 5.56. The summed E-state index contributed by atoms with van der Waals surface area (Å²) in [6, 6.07) is 20.8. The molecule has 1 fully saturated rings. The molecule has 4 heteroatoms. The Balaban J connectivity index is 1.72. The van der Waals surface area contributed by atoms with Gasteiger partial charge in [0.2, 0.25) is 0 Å². The molecule has 3 aromatic carbocycles. The highest BCUT2D eigenvalue weighted by Crippen LogP contribution is 2.34. The van der Waals surface area contributed by atoms with E-state index in [2.05, 4.69) is 53.2 Å². The highest BCUT2D eigenvalue weighted by molar-refractivity contribution is 5.89. The van der Waals surface area contributed by atoms with Crippen molar-refractivity contribution in [3.05, 3.63) is 71.8 Å². The van der Waals surface area contributed by atoms with Gasteiger partial charge in [0.25, 0.3) is 0 Å². The highest BCUT2D eigenvalue weighted by Gasteiger charge is 2.27. The van der Waals surface area contributed by atoms with Crippen molar-refractivity contribution in [3.63, 3.8) is 0 Å². The number of phenols is 1. The first-order valence-corrected chi connectivity index (χ1v) is 9.42. The molecule has 4 rings (SSSR count). The monoisotopic (exact) mass is 362 g/mol. The molecule has 0 aliphatic carbocycles. The standard InChI is InChI=1S/C23H26N2O2/c1-24-12-13-25(22(16-24)18-6-4-3-5-7-18)15-21-20-14-19(27-2)10-8-17(20)9-11-23(21)26/h3-11,14,22,26H,12-13,15-16H2,1-2H3/t22-/m1/s1. The van der Waals surface area contributed by atoms with Crippen LogP contribution in [0.25, 0.3) is 10.8 Å². The second-order valence-electron chi connectivity index (χ2n) is 7.31. The lowest BCUT2D eigenvalue weighted by Crippen LogP contribution is -2.46. The van der Waals surface area contributed by atoms with Crippen molar-refractivity contribution < 1.29 is 9.84 Å². The van der Waals surface area contributed by atoms with Crippen LogP contribution in [0.1, 0.15) is 17.2 Å². The molecule has 0 spiro atoms. The number of hydrogen-bond donors (Lipinski definition) is 1. The molecule has 4 nitrogen and oxygen atoms in total. The highest BCUT2D eigenvalue weighted by atomic mass is 16.5. The van der Waals surface area contributed by atoms with Gasteiger partial charge < -0.3 is 14.7 Å². The number of nitrogens with zero attached hydrogens (tertiary/aromatic N) is 2. The SMILES string of the molecule is COc1ccc2ccc(O)c(CN3CCN(C)C[C@@H]3c3ccccc3)c2c1. The van der Waals surface area contributed by atoms with Gasteiger partial charge in [0.1, 0.15) is 11.5 Å². The molecule has 0 amide bonds. The van der Waals surface area contributed by atoms with E-state index in [1.54, 1.807) is 13.2 Å². The van der Waals surface area contributed by atoms with E-state index >= 15 is 0 Å². The van der Waals surface area contributed by atoms with Crippen LogP contribution < -0.4 is 4.74 Å². The summed E-state index contributed by atoms with van der Waals surface area (Å²) < 4.78 is 5.41. The molecule has 0 saturated carbocycles. The molecule has 27 heavy (non-hydrogen) atoms. The largest absolute Gasteiger partial charge is 0.508 e. The van der Waals surface area contributed by atoms with Gasteiger partial charge in [-0.3, -0.25) is 4.90 Å². The summed E-state index contributed by atoms with van der Waals surface area (Å²) in [6.07, 6.45) is 0. The van der Waals surface area contributed by atoms with Crippen LogP contribution in [0.2, 0.25) is 0 Å². The molecule has 1 N–H and O–H groups in total. The maximum absolute atomic E-state index is 10.6. The number of hydrogen-bond acceptors (Lipinski definition) is 4. The second kappa shape index (κ2) is 7.59. The van der Waals surface area contributed by atoms with E-state index < -0.39 is 0 Å². The Hall–Kier alpha value is -2.56. The summed E-state index contributed by atoms with van der Waals surface area (Å²) in [5.41, 5.74) is 2.29. The van der Waals surface area contributed by atoms with Gasteiger partial charge in [-0.15, -0.1) is 0 Å². The fourth-order valence-corrected chi connectivity index (χ4v) is 3.98. The molecule has 1 aliphatic rings. The lowest BCUT2D eigenvalue weighted by atomic mass is 9.98. The second-order valence-corrected chi connectivity index (χ2v) is 7.31. The van der Waals surface area contributed by atoms with Crippen molar-refractivity contribution in [2.24, 2.45) is 0 Å². The zero-order valence-corrected chi connectivity index (χ0v) is 15.9. The Bertz CT molecular complexity index is 926. The summed E-state index contributed by atoms with van der Waals surface area (Å²) in [4.78, 5) is 4.85. The van der Waals surface area contributed by atoms with Crippen molar-refractivity contribution in [1.29, 1.82) is 0 Å². The Labute approximate surface area is 160 Å². The van der Waals surface area contributed by atoms with Crippen molar-refractivity contribution in [2.75, 3.05) is 33.8 Å². The molecule has 140 valence electrons. The third-order valence-corrected chi connectivity index (χ3v) is 5.56. The minimum atomic E-state index is 0.310. The van der Waals surface area contributed by atoms with E-state index in [9.17, 15) is 5.11 Å². The van der Waals surface area contributed by atoms with Gasteiger partial charge in [-0.05, 0) is 41.6 Å². The van der Waals surface area contributed by atoms with Crippen molar-refractivity contribution in [3.8, 4) is 11.5 Å². The molecule has 1 aliphatic heterocycles. The summed E-state index contributed by atoms with van der Waals surface area (Å²) in [6.45, 7) is 3.69. The maximum Gasteiger partial charge on any atom is 0.120 e. The molecule has 0 radical (unpaired) electrons. The molecule has 0 aromatic heterocycles. The Morgan fingerprint density at radius 2 is 1.81 bits per heavy atom. The van der Waals surface area contributed by atoms with Crippen molar-refractivity contribution in [2.45, 2.75) is 12.6 Å². The Morgan fingerprint density at radius 3 is 2.59 bits per heavy atom. The summed E-state index contributed by atoms with van der Waals surface area (Å²) in [5.74, 6) is 1.16. The van der Waals surface area contributed by atoms with E-state index in [1.165, 1.54) is 5.56 Å². The summed E-state index contributed by atoms with van der Waals surface area (Å²) in [5, 5.41) is 12.8. The first-order valence-electron chi connectivity index (χ1n) is 9.42. The average molecular weight is 362 g/mol. The molecule has 1 atom stereocenters. The number of piperazine rings is 1. The summed E-state index contributed by atoms with van der Waals surface area (Å²) >= 11 is 0. The fourth-order valence-electron chi connectivity index (χ4n) is 3.98. The van der Waals surface area contributed by atoms with Gasteiger partial charge in [-0.1, -0.05) is 42.5 Å². The van der Waals surface area contributed by atoms with Gasteiger partial charge in [-0.2, -0.15) is 0 Å². The number of phenolic OH excluding ortho intramolecular Hbond substituents is 1. The fraction of sp³-hybridized carbons (Fsp3) is 0.304. The first-order chi connectivity index (χ1) is 13.2. The molecular weight excluding hydrogens is 336 g/mol. The Kier molecular flexibility index (Phi) is 5.01. The minimum absolute atomic E-state index is 0.310. The molecule has 1 heterocycles. The van der Waals surface area contributed by atoms with Crippen molar-refractivity contribution >= 4 is 10.8 Å².